The van der Waals surface area contributed by atoms with Crippen LogP contribution < -0.4 is 5.32 Å². The van der Waals surface area contributed by atoms with E-state index in [-0.39, 0.29) is 49.4 Å². The molecule has 0 aromatic heterocycles. The Morgan fingerprint density at radius 1 is 1.03 bits per heavy atom. The fraction of sp³-hybridized carbons (Fsp3) is 0.615. The molecule has 0 bridgehead atoms. The Balaban J connectivity index is 1.45. The van der Waals surface area contributed by atoms with E-state index in [2.05, 4.69) is 5.32 Å². The van der Waals surface area contributed by atoms with Gasteiger partial charge in [-0.25, -0.2) is 13.2 Å². The van der Waals surface area contributed by atoms with Gasteiger partial charge in [0.25, 0.3) is 0 Å². The molecule has 12 nitrogen and oxygen atoms in total. The molecule has 2 unspecified atom stereocenters. The highest BCUT2D eigenvalue weighted by Crippen LogP contribution is 2.23. The lowest BCUT2D eigenvalue weighted by molar-refractivity contribution is -0.148. The normalized spacial score (nSPS) is 22.8. The van der Waals surface area contributed by atoms with Gasteiger partial charge in [0.2, 0.25) is 27.7 Å². The summed E-state index contributed by atoms with van der Waals surface area (Å²) >= 11 is 0. The number of hydrogen-bond acceptors (Lipinski definition) is 7. The number of carbonyl (C=O) groups excluding carboxylic acids is 3. The smallest absolute Gasteiger partial charge is 0.326 e. The number of nitrogens with zero attached hydrogens (tertiary/aromatic N) is 4. The van der Waals surface area contributed by atoms with Crippen LogP contribution in [0.4, 0.5) is 0 Å². The molecule has 3 amide bonds. The third kappa shape index (κ3) is 6.76. The molecule has 3 heterocycles. The van der Waals surface area contributed by atoms with Gasteiger partial charge in [0, 0.05) is 52.2 Å². The first-order chi connectivity index (χ1) is 18.6. The maximum Gasteiger partial charge on any atom is 0.326 e. The highest BCUT2D eigenvalue weighted by molar-refractivity contribution is 7.89. The number of sulfonamides is 1. The third-order valence-corrected chi connectivity index (χ3v) is 9.56. The van der Waals surface area contributed by atoms with E-state index in [1.807, 2.05) is 6.92 Å². The molecule has 1 aromatic carbocycles. The molecule has 0 saturated carbocycles. The Hall–Kier alpha value is -3.03. The second-order valence-corrected chi connectivity index (χ2v) is 12.3. The number of benzene rings is 1. The molecule has 214 valence electrons. The monoisotopic (exact) mass is 563 g/mol. The van der Waals surface area contributed by atoms with Gasteiger partial charge in [0.05, 0.1) is 11.4 Å². The van der Waals surface area contributed by atoms with Crippen molar-refractivity contribution in [2.24, 2.45) is 0 Å². The number of piperazine rings is 1. The lowest BCUT2D eigenvalue weighted by atomic mass is 10.2. The lowest BCUT2D eigenvalue weighted by Crippen LogP contribution is -2.61. The number of amides is 3. The van der Waals surface area contributed by atoms with Gasteiger partial charge in [0.1, 0.15) is 12.1 Å². The first-order valence-electron chi connectivity index (χ1n) is 13.5. The van der Waals surface area contributed by atoms with Crippen LogP contribution >= 0.6 is 0 Å². The molecule has 3 fully saturated rings. The van der Waals surface area contributed by atoms with Gasteiger partial charge in [0.15, 0.2) is 0 Å². The lowest BCUT2D eigenvalue weighted by Gasteiger charge is -2.40. The van der Waals surface area contributed by atoms with Crippen LogP contribution in [0.15, 0.2) is 29.2 Å². The summed E-state index contributed by atoms with van der Waals surface area (Å²) in [6.45, 7) is 3.87. The van der Waals surface area contributed by atoms with Crippen LogP contribution in [0.5, 0.6) is 0 Å². The van der Waals surface area contributed by atoms with Crippen molar-refractivity contribution in [2.75, 3.05) is 52.4 Å². The Kier molecular flexibility index (Phi) is 9.23. The minimum atomic E-state index is -3.99. The molecule has 0 aliphatic carbocycles. The topological polar surface area (TPSA) is 148 Å². The predicted octanol–water partition coefficient (Wildman–Crippen LogP) is -0.126. The molecule has 1 aromatic rings. The number of nitrogens with one attached hydrogen (secondary N) is 1. The molecule has 4 rings (SSSR count). The molecular formula is C26H37N5O7S. The largest absolute Gasteiger partial charge is 0.480 e. The molecule has 3 aliphatic heterocycles. The molecule has 3 aliphatic rings. The van der Waals surface area contributed by atoms with Gasteiger partial charge in [-0.05, 0) is 44.7 Å². The Morgan fingerprint density at radius 3 is 2.44 bits per heavy atom. The van der Waals surface area contributed by atoms with Crippen molar-refractivity contribution < 1.29 is 32.7 Å². The summed E-state index contributed by atoms with van der Waals surface area (Å²) in [4.78, 5) is 54.6. The Bertz CT molecular complexity index is 1190. The van der Waals surface area contributed by atoms with Crippen molar-refractivity contribution in [1.82, 2.24) is 24.3 Å². The van der Waals surface area contributed by atoms with Gasteiger partial charge in [-0.1, -0.05) is 17.7 Å². The van der Waals surface area contributed by atoms with E-state index in [4.69, 9.17) is 0 Å². The standard InChI is InChI=1S/C26H37N5O7S/c1-19-7-9-20(10-8-19)39(37,38)31-16-15-28(18-24(33)30-14-2-5-21(30)26(35)36)17-22(31)25(34)27-11-4-13-29-12-3-6-23(29)32/h7-10,21-22H,2-6,11-18H2,1H3,(H,27,34)(H,35,36). The highest BCUT2D eigenvalue weighted by Gasteiger charge is 2.41. The van der Waals surface area contributed by atoms with Crippen molar-refractivity contribution in [2.45, 2.75) is 56.0 Å². The minimum Gasteiger partial charge on any atom is -0.480 e. The second-order valence-electron chi connectivity index (χ2n) is 10.4. The fourth-order valence-corrected chi connectivity index (χ4v) is 7.03. The summed E-state index contributed by atoms with van der Waals surface area (Å²) in [6.07, 6.45) is 2.93. The molecular weight excluding hydrogens is 526 g/mol. The number of carboxylic acid groups (broad SMARTS) is 1. The van der Waals surface area contributed by atoms with Crippen LogP contribution in [0, 0.1) is 6.92 Å². The van der Waals surface area contributed by atoms with Crippen LogP contribution in [-0.2, 0) is 29.2 Å². The molecule has 2 N–H and O–H groups in total. The van der Waals surface area contributed by atoms with E-state index >= 15 is 0 Å². The van der Waals surface area contributed by atoms with E-state index in [0.717, 1.165) is 12.0 Å². The van der Waals surface area contributed by atoms with Gasteiger partial charge in [-0.15, -0.1) is 0 Å². The summed E-state index contributed by atoms with van der Waals surface area (Å²) in [5, 5.41) is 12.3. The Morgan fingerprint density at radius 2 is 1.77 bits per heavy atom. The van der Waals surface area contributed by atoms with Crippen LogP contribution in [0.2, 0.25) is 0 Å². The summed E-state index contributed by atoms with van der Waals surface area (Å²) in [5.41, 5.74) is 0.907. The van der Waals surface area contributed by atoms with Crippen LogP contribution in [0.25, 0.3) is 0 Å². The molecule has 2 atom stereocenters. The summed E-state index contributed by atoms with van der Waals surface area (Å²) in [5.74, 6) is -1.75. The third-order valence-electron chi connectivity index (χ3n) is 7.64. The van der Waals surface area contributed by atoms with Crippen molar-refractivity contribution in [3.05, 3.63) is 29.8 Å². The van der Waals surface area contributed by atoms with Gasteiger partial charge in [-0.3, -0.25) is 19.3 Å². The number of aryl methyl sites for hydroxylation is 1. The maximum absolute atomic E-state index is 13.6. The zero-order chi connectivity index (χ0) is 28.2. The van der Waals surface area contributed by atoms with Crippen LogP contribution in [0.3, 0.4) is 0 Å². The van der Waals surface area contributed by atoms with Gasteiger partial charge >= 0.3 is 5.97 Å². The zero-order valence-electron chi connectivity index (χ0n) is 22.3. The summed E-state index contributed by atoms with van der Waals surface area (Å²) < 4.78 is 28.3. The maximum atomic E-state index is 13.6. The molecule has 3 saturated heterocycles. The minimum absolute atomic E-state index is 0.00114. The number of carboxylic acids is 1. The van der Waals surface area contributed by atoms with Crippen molar-refractivity contribution in [3.8, 4) is 0 Å². The molecule has 0 radical (unpaired) electrons. The number of hydrogen-bond donors (Lipinski definition) is 2. The first-order valence-corrected chi connectivity index (χ1v) is 14.9. The average Bonchev–Trinajstić information content (AvgIpc) is 3.56. The number of rotatable bonds is 10. The van der Waals surface area contributed by atoms with Crippen molar-refractivity contribution in [3.63, 3.8) is 0 Å². The number of likely N-dealkylation sites (tertiary alicyclic amines) is 2. The molecule has 39 heavy (non-hydrogen) atoms. The van der Waals surface area contributed by atoms with Crippen LogP contribution in [-0.4, -0.2) is 121 Å². The Labute approximate surface area is 229 Å². The average molecular weight is 564 g/mol. The quantitative estimate of drug-likeness (QED) is 0.375. The SMILES string of the molecule is Cc1ccc(S(=O)(=O)N2CCN(CC(=O)N3CCCC3C(=O)O)CC2C(=O)NCCCN2CCCC2=O)cc1. The predicted molar refractivity (Wildman–Crippen MR) is 141 cm³/mol. The first kappa shape index (κ1) is 29.0. The van der Waals surface area contributed by atoms with E-state index in [1.54, 1.807) is 21.9 Å². The van der Waals surface area contributed by atoms with Crippen LogP contribution in [0.1, 0.15) is 37.7 Å². The van der Waals surface area contributed by atoms with E-state index < -0.39 is 34.0 Å². The molecule has 13 heteroatoms. The second kappa shape index (κ2) is 12.4. The summed E-state index contributed by atoms with van der Waals surface area (Å²) in [6, 6.07) is 4.50. The number of aliphatic carboxylic acids is 1. The highest BCUT2D eigenvalue weighted by atomic mass is 32.2. The van der Waals surface area contributed by atoms with E-state index in [0.29, 0.717) is 45.3 Å². The summed E-state index contributed by atoms with van der Waals surface area (Å²) in [7, 11) is -3.99. The number of carbonyl (C=O) groups is 4. The van der Waals surface area contributed by atoms with E-state index in [9.17, 15) is 32.7 Å². The van der Waals surface area contributed by atoms with Crippen molar-refractivity contribution >= 4 is 33.7 Å². The van der Waals surface area contributed by atoms with Gasteiger partial charge < -0.3 is 20.2 Å². The molecule has 0 spiro atoms. The van der Waals surface area contributed by atoms with E-state index in [1.165, 1.54) is 21.3 Å². The zero-order valence-corrected chi connectivity index (χ0v) is 23.1. The van der Waals surface area contributed by atoms with Gasteiger partial charge in [-0.2, -0.15) is 4.31 Å². The fourth-order valence-electron chi connectivity index (χ4n) is 5.46. The van der Waals surface area contributed by atoms with Crippen molar-refractivity contribution in [1.29, 1.82) is 0 Å².